The van der Waals surface area contributed by atoms with Gasteiger partial charge in [0, 0.05) is 20.8 Å². The first-order valence-electron chi connectivity index (χ1n) is 10.7. The molecule has 37 heavy (non-hydrogen) atoms. The van der Waals surface area contributed by atoms with E-state index in [1.807, 2.05) is 0 Å². The van der Waals surface area contributed by atoms with Crippen LogP contribution in [0.4, 0.5) is 4.79 Å². The first-order chi connectivity index (χ1) is 17.3. The quantitative estimate of drug-likeness (QED) is 0.153. The number of amides is 1. The summed E-state index contributed by atoms with van der Waals surface area (Å²) in [6.45, 7) is 2.71. The normalized spacial score (nSPS) is 23.2. The number of alkyl halides is 3. The Hall–Kier alpha value is -2.80. The van der Waals surface area contributed by atoms with E-state index < -0.39 is 70.9 Å². The molecule has 0 bridgehead atoms. The van der Waals surface area contributed by atoms with Gasteiger partial charge in [-0.25, -0.2) is 4.79 Å². The summed E-state index contributed by atoms with van der Waals surface area (Å²) in [5, 5.41) is 10.4. The summed E-state index contributed by atoms with van der Waals surface area (Å²) >= 11 is 17.2. The molecule has 1 aromatic rings. The Morgan fingerprint density at radius 3 is 2.05 bits per heavy atom. The second kappa shape index (κ2) is 13.7. The summed E-state index contributed by atoms with van der Waals surface area (Å²) in [5.41, 5.74) is 0.680. The molecule has 1 aromatic carbocycles. The van der Waals surface area contributed by atoms with Crippen LogP contribution in [-0.4, -0.2) is 70.9 Å². The molecule has 0 aliphatic carbocycles. The Labute approximate surface area is 227 Å². The lowest BCUT2D eigenvalue weighted by atomic mass is 9.96. The minimum Gasteiger partial charge on any atom is -0.463 e. The standard InChI is InChI=1S/C22H25Cl3N2O10/c1-11(28)32-10-15-17(34-12(2)29)18(35-13(3)30)16(19(36-15)37-20(26)22(23,24)25)27-21(31)33-9-14-7-5-4-6-8-14/h4-8,15-19,26H,9-10H2,1-3H3,(H,27,31). The lowest BCUT2D eigenvalue weighted by Gasteiger charge is -2.44. The van der Waals surface area contributed by atoms with Gasteiger partial charge in [0.15, 0.2) is 12.2 Å². The van der Waals surface area contributed by atoms with E-state index in [0.29, 0.717) is 5.56 Å². The third-order valence-corrected chi connectivity index (χ3v) is 5.20. The molecule has 2 rings (SSSR count). The highest BCUT2D eigenvalue weighted by Crippen LogP contribution is 2.32. The maximum atomic E-state index is 12.7. The molecule has 5 unspecified atom stereocenters. The highest BCUT2D eigenvalue weighted by Gasteiger charge is 2.53. The van der Waals surface area contributed by atoms with Crippen LogP contribution in [0.15, 0.2) is 30.3 Å². The van der Waals surface area contributed by atoms with Crippen molar-refractivity contribution in [1.29, 1.82) is 5.41 Å². The van der Waals surface area contributed by atoms with Gasteiger partial charge in [-0.2, -0.15) is 0 Å². The summed E-state index contributed by atoms with van der Waals surface area (Å²) < 4.78 is 29.6. The summed E-state index contributed by atoms with van der Waals surface area (Å²) in [7, 11) is 0. The van der Waals surface area contributed by atoms with Crippen molar-refractivity contribution >= 4 is 64.7 Å². The van der Waals surface area contributed by atoms with Gasteiger partial charge in [-0.3, -0.25) is 19.8 Å². The van der Waals surface area contributed by atoms with Crippen LogP contribution in [0.3, 0.4) is 0 Å². The SMILES string of the molecule is CC(=O)OCC1OC(OC(=N)C(Cl)(Cl)Cl)C(NC(=O)OCc2ccccc2)C(OC(C)=O)C1OC(C)=O. The number of benzene rings is 1. The molecule has 1 heterocycles. The van der Waals surface area contributed by atoms with Gasteiger partial charge in [0.05, 0.1) is 0 Å². The molecular formula is C22H25Cl3N2O10. The molecule has 0 spiro atoms. The molecule has 0 aromatic heterocycles. The van der Waals surface area contributed by atoms with Crippen LogP contribution in [-0.2, 0) is 49.4 Å². The number of halogens is 3. The molecule has 12 nitrogen and oxygen atoms in total. The number of ether oxygens (including phenoxy) is 6. The van der Waals surface area contributed by atoms with Gasteiger partial charge in [0.25, 0.3) is 3.79 Å². The minimum atomic E-state index is -2.32. The van der Waals surface area contributed by atoms with E-state index in [-0.39, 0.29) is 6.61 Å². The van der Waals surface area contributed by atoms with E-state index in [2.05, 4.69) is 5.32 Å². The van der Waals surface area contributed by atoms with Crippen LogP contribution in [0.25, 0.3) is 0 Å². The van der Waals surface area contributed by atoms with Crippen molar-refractivity contribution in [1.82, 2.24) is 5.32 Å². The first kappa shape index (κ1) is 30.4. The summed E-state index contributed by atoms with van der Waals surface area (Å²) in [6, 6.07) is 7.29. The van der Waals surface area contributed by atoms with Crippen molar-refractivity contribution in [2.45, 2.75) is 61.8 Å². The monoisotopic (exact) mass is 582 g/mol. The van der Waals surface area contributed by atoms with Crippen molar-refractivity contribution < 1.29 is 47.6 Å². The second-order valence-electron chi connectivity index (χ2n) is 7.67. The molecule has 1 aliphatic rings. The van der Waals surface area contributed by atoms with Gasteiger partial charge in [0.2, 0.25) is 12.2 Å². The zero-order chi connectivity index (χ0) is 27.8. The lowest BCUT2D eigenvalue weighted by Crippen LogP contribution is -2.67. The lowest BCUT2D eigenvalue weighted by molar-refractivity contribution is -0.260. The predicted molar refractivity (Wildman–Crippen MR) is 129 cm³/mol. The van der Waals surface area contributed by atoms with E-state index >= 15 is 0 Å². The number of hydrogen-bond acceptors (Lipinski definition) is 11. The third-order valence-electron chi connectivity index (χ3n) is 4.69. The van der Waals surface area contributed by atoms with Gasteiger partial charge in [0.1, 0.15) is 25.4 Å². The van der Waals surface area contributed by atoms with Crippen LogP contribution in [0.5, 0.6) is 0 Å². The van der Waals surface area contributed by atoms with Gasteiger partial charge < -0.3 is 33.7 Å². The van der Waals surface area contributed by atoms with Gasteiger partial charge >= 0.3 is 24.0 Å². The average Bonchev–Trinajstić information content (AvgIpc) is 2.79. The van der Waals surface area contributed by atoms with Gasteiger partial charge in [-0.15, -0.1) is 0 Å². The summed E-state index contributed by atoms with van der Waals surface area (Å²) in [6.07, 6.45) is -6.77. The first-order valence-corrected chi connectivity index (χ1v) is 11.8. The minimum absolute atomic E-state index is 0.115. The number of hydrogen-bond donors (Lipinski definition) is 2. The maximum Gasteiger partial charge on any atom is 0.408 e. The fraction of sp³-hybridized carbons (Fsp3) is 0.500. The van der Waals surface area contributed by atoms with Gasteiger partial charge in [-0.05, 0) is 5.56 Å². The topological polar surface area (TPSA) is 160 Å². The number of rotatable bonds is 8. The molecule has 2 N–H and O–H groups in total. The number of alkyl carbamates (subject to hydrolysis) is 1. The molecular weight excluding hydrogens is 559 g/mol. The van der Waals surface area contributed by atoms with Crippen molar-refractivity contribution in [3.8, 4) is 0 Å². The van der Waals surface area contributed by atoms with E-state index in [9.17, 15) is 19.2 Å². The molecule has 204 valence electrons. The predicted octanol–water partition coefficient (Wildman–Crippen LogP) is 2.80. The fourth-order valence-corrected chi connectivity index (χ4v) is 3.37. The molecule has 0 saturated carbocycles. The zero-order valence-corrected chi connectivity index (χ0v) is 22.2. The smallest absolute Gasteiger partial charge is 0.408 e. The molecule has 15 heteroatoms. The Balaban J connectivity index is 2.39. The van der Waals surface area contributed by atoms with E-state index in [0.717, 1.165) is 20.8 Å². The van der Waals surface area contributed by atoms with Crippen LogP contribution >= 0.6 is 34.8 Å². The number of carbonyl (C=O) groups excluding carboxylic acids is 4. The Morgan fingerprint density at radius 1 is 0.919 bits per heavy atom. The maximum absolute atomic E-state index is 12.7. The molecule has 1 fully saturated rings. The number of nitrogens with one attached hydrogen (secondary N) is 2. The van der Waals surface area contributed by atoms with Crippen molar-refractivity contribution in [2.75, 3.05) is 6.61 Å². The van der Waals surface area contributed by atoms with E-state index in [1.54, 1.807) is 30.3 Å². The Bertz CT molecular complexity index is 989. The highest BCUT2D eigenvalue weighted by molar-refractivity contribution is 6.76. The van der Waals surface area contributed by atoms with Crippen LogP contribution in [0.2, 0.25) is 0 Å². The summed E-state index contributed by atoms with van der Waals surface area (Å²) in [4.78, 5) is 47.9. The van der Waals surface area contributed by atoms with E-state index in [1.165, 1.54) is 0 Å². The molecule has 1 amide bonds. The van der Waals surface area contributed by atoms with Crippen LogP contribution in [0, 0.1) is 5.41 Å². The van der Waals surface area contributed by atoms with Crippen molar-refractivity contribution in [3.05, 3.63) is 35.9 Å². The van der Waals surface area contributed by atoms with E-state index in [4.69, 9.17) is 68.6 Å². The highest BCUT2D eigenvalue weighted by atomic mass is 35.6. The zero-order valence-electron chi connectivity index (χ0n) is 19.9. The molecule has 1 saturated heterocycles. The van der Waals surface area contributed by atoms with Crippen molar-refractivity contribution in [3.63, 3.8) is 0 Å². The van der Waals surface area contributed by atoms with Crippen LogP contribution in [0.1, 0.15) is 26.3 Å². The van der Waals surface area contributed by atoms with Crippen molar-refractivity contribution in [2.24, 2.45) is 0 Å². The van der Waals surface area contributed by atoms with Crippen LogP contribution < -0.4 is 5.32 Å². The number of carbonyl (C=O) groups is 4. The fourth-order valence-electron chi connectivity index (χ4n) is 3.24. The molecule has 5 atom stereocenters. The second-order valence-corrected chi connectivity index (χ2v) is 9.95. The average molecular weight is 584 g/mol. The summed E-state index contributed by atoms with van der Waals surface area (Å²) in [5.74, 6) is -3.21. The largest absolute Gasteiger partial charge is 0.463 e. The third kappa shape index (κ3) is 9.88. The Kier molecular flexibility index (Phi) is 11.2. The number of esters is 3. The molecule has 0 radical (unpaired) electrons. The molecule has 1 aliphatic heterocycles. The van der Waals surface area contributed by atoms with Gasteiger partial charge in [-0.1, -0.05) is 65.1 Å². The Morgan fingerprint density at radius 2 is 1.51 bits per heavy atom.